The topological polar surface area (TPSA) is 101 Å². The average molecular weight is 395 g/mol. The number of halogens is 1. The Balaban J connectivity index is 1.89. The van der Waals surface area contributed by atoms with E-state index in [2.05, 4.69) is 10.4 Å². The second-order valence-electron chi connectivity index (χ2n) is 6.44. The number of carboxylic acids is 1. The molecule has 2 N–H and O–H groups in total. The van der Waals surface area contributed by atoms with Crippen LogP contribution in [0.4, 0.5) is 4.39 Å². The highest BCUT2D eigenvalue weighted by Crippen LogP contribution is 2.14. The van der Waals surface area contributed by atoms with Crippen molar-refractivity contribution in [2.45, 2.75) is 19.4 Å². The lowest BCUT2D eigenvalue weighted by Gasteiger charge is -2.16. The Morgan fingerprint density at radius 2 is 1.76 bits per heavy atom. The lowest BCUT2D eigenvalue weighted by molar-refractivity contribution is -0.149. The van der Waals surface area contributed by atoms with Crippen LogP contribution >= 0.6 is 0 Å². The van der Waals surface area contributed by atoms with E-state index in [4.69, 9.17) is 5.11 Å². The molecule has 8 heteroatoms. The molecule has 0 saturated carbocycles. The van der Waals surface area contributed by atoms with Crippen molar-refractivity contribution >= 4 is 17.7 Å². The van der Waals surface area contributed by atoms with E-state index in [1.165, 1.54) is 35.0 Å². The van der Waals surface area contributed by atoms with Crippen LogP contribution in [-0.2, 0) is 16.0 Å². The van der Waals surface area contributed by atoms with Crippen molar-refractivity contribution in [1.29, 1.82) is 0 Å². The van der Waals surface area contributed by atoms with Gasteiger partial charge < -0.3 is 10.4 Å². The minimum absolute atomic E-state index is 0.0291. The number of carboxylic acid groups (broad SMARTS) is 1. The van der Waals surface area contributed by atoms with Gasteiger partial charge in [0.15, 0.2) is 0 Å². The van der Waals surface area contributed by atoms with Crippen LogP contribution in [0.1, 0.15) is 21.7 Å². The van der Waals surface area contributed by atoms with Crippen LogP contribution in [0.25, 0.3) is 5.69 Å². The molecule has 1 amide bonds. The second-order valence-corrected chi connectivity index (χ2v) is 6.44. The molecule has 0 aliphatic rings. The number of ketones is 1. The lowest BCUT2D eigenvalue weighted by Crippen LogP contribution is -2.45. The Kier molecular flexibility index (Phi) is 5.82. The summed E-state index contributed by atoms with van der Waals surface area (Å²) in [6, 6.07) is 14.4. The Morgan fingerprint density at radius 3 is 2.38 bits per heavy atom. The third kappa shape index (κ3) is 4.73. The fourth-order valence-corrected chi connectivity index (χ4v) is 2.88. The number of nitrogens with one attached hydrogen (secondary N) is 1. The molecule has 1 unspecified atom stereocenters. The Labute approximate surface area is 165 Å². The highest BCUT2D eigenvalue weighted by Gasteiger charge is 2.28. The minimum atomic E-state index is -1.63. The quantitative estimate of drug-likeness (QED) is 0.598. The molecular weight excluding hydrogens is 377 g/mol. The van der Waals surface area contributed by atoms with E-state index in [1.54, 1.807) is 37.3 Å². The molecule has 0 radical (unpaired) electrons. The first-order valence-corrected chi connectivity index (χ1v) is 8.79. The predicted molar refractivity (Wildman–Crippen MR) is 102 cm³/mol. The molecule has 0 aliphatic carbocycles. The maximum Gasteiger partial charge on any atom is 0.374 e. The van der Waals surface area contributed by atoms with Crippen molar-refractivity contribution in [1.82, 2.24) is 15.1 Å². The van der Waals surface area contributed by atoms with Gasteiger partial charge in [-0.2, -0.15) is 5.10 Å². The second kappa shape index (κ2) is 8.47. The molecule has 7 nitrogen and oxygen atoms in total. The fourth-order valence-electron chi connectivity index (χ4n) is 2.88. The van der Waals surface area contributed by atoms with Crippen molar-refractivity contribution in [2.24, 2.45) is 0 Å². The molecule has 0 aliphatic heterocycles. The molecule has 3 aromatic rings. The summed E-state index contributed by atoms with van der Waals surface area (Å²) in [4.78, 5) is 36.2. The van der Waals surface area contributed by atoms with Gasteiger partial charge in [-0.1, -0.05) is 30.3 Å². The number of carbonyl (C=O) groups is 3. The van der Waals surface area contributed by atoms with Crippen molar-refractivity contribution in [3.8, 4) is 5.69 Å². The minimum Gasteiger partial charge on any atom is -0.475 e. The molecule has 0 spiro atoms. The zero-order valence-corrected chi connectivity index (χ0v) is 15.5. The molecule has 0 fully saturated rings. The van der Waals surface area contributed by atoms with Crippen LogP contribution in [0.2, 0.25) is 0 Å². The maximum absolute atomic E-state index is 13.2. The van der Waals surface area contributed by atoms with Gasteiger partial charge in [-0.3, -0.25) is 9.59 Å². The SMILES string of the molecule is Cc1cc(C(=O)NC(Cc2ccccc2)C(=O)C(=O)O)n(-c2ccc(F)cc2)n1. The number of amides is 1. The predicted octanol–water partition coefficient (Wildman–Crippen LogP) is 2.31. The molecule has 0 saturated heterocycles. The lowest BCUT2D eigenvalue weighted by atomic mass is 10.0. The smallest absolute Gasteiger partial charge is 0.374 e. The number of nitrogens with zero attached hydrogens (tertiary/aromatic N) is 2. The zero-order chi connectivity index (χ0) is 21.0. The summed E-state index contributed by atoms with van der Waals surface area (Å²) in [5.74, 6) is -3.84. The summed E-state index contributed by atoms with van der Waals surface area (Å²) in [6.07, 6.45) is 0.0291. The first-order valence-electron chi connectivity index (χ1n) is 8.79. The van der Waals surface area contributed by atoms with Crippen LogP contribution < -0.4 is 5.32 Å². The van der Waals surface area contributed by atoms with Crippen LogP contribution in [0, 0.1) is 12.7 Å². The fraction of sp³-hybridized carbons (Fsp3) is 0.143. The number of aromatic nitrogens is 2. The van der Waals surface area contributed by atoms with Crippen LogP contribution in [0.15, 0.2) is 60.7 Å². The molecule has 1 atom stereocenters. The van der Waals surface area contributed by atoms with Gasteiger partial charge in [0.1, 0.15) is 17.6 Å². The van der Waals surface area contributed by atoms with Gasteiger partial charge in [0.05, 0.1) is 11.4 Å². The van der Waals surface area contributed by atoms with E-state index in [9.17, 15) is 18.8 Å². The van der Waals surface area contributed by atoms with Crippen molar-refractivity contribution in [2.75, 3.05) is 0 Å². The summed E-state index contributed by atoms with van der Waals surface area (Å²) in [7, 11) is 0. The van der Waals surface area contributed by atoms with Crippen LogP contribution in [-0.4, -0.2) is 38.6 Å². The van der Waals surface area contributed by atoms with Crippen molar-refractivity contribution in [3.63, 3.8) is 0 Å². The number of Topliss-reactive ketones (excluding diaryl/α,β-unsaturated/α-hetero) is 1. The summed E-state index contributed by atoms with van der Waals surface area (Å²) in [5.41, 5.74) is 1.79. The summed E-state index contributed by atoms with van der Waals surface area (Å²) in [6.45, 7) is 1.68. The number of hydrogen-bond donors (Lipinski definition) is 2. The highest BCUT2D eigenvalue weighted by atomic mass is 19.1. The number of benzene rings is 2. The third-order valence-electron chi connectivity index (χ3n) is 4.25. The third-order valence-corrected chi connectivity index (χ3v) is 4.25. The Hall–Kier alpha value is -3.81. The number of carbonyl (C=O) groups excluding carboxylic acids is 2. The van der Waals surface area contributed by atoms with E-state index >= 15 is 0 Å². The van der Waals surface area contributed by atoms with Gasteiger partial charge in [-0.25, -0.2) is 13.9 Å². The number of rotatable bonds is 7. The van der Waals surface area contributed by atoms with Crippen molar-refractivity contribution < 1.29 is 23.9 Å². The standard InChI is InChI=1S/C21H18FN3O4/c1-13-11-18(25(24-13)16-9-7-15(22)8-10-16)20(27)23-17(19(26)21(28)29)12-14-5-3-2-4-6-14/h2-11,17H,12H2,1H3,(H,23,27)(H,28,29). The normalized spacial score (nSPS) is 11.7. The Bertz CT molecular complexity index is 1050. The molecular formula is C21H18FN3O4. The molecule has 0 bridgehead atoms. The summed E-state index contributed by atoms with van der Waals surface area (Å²) < 4.78 is 14.5. The number of hydrogen-bond acceptors (Lipinski definition) is 4. The average Bonchev–Trinajstić information content (AvgIpc) is 3.10. The summed E-state index contributed by atoms with van der Waals surface area (Å²) in [5, 5.41) is 15.9. The van der Waals surface area contributed by atoms with E-state index in [0.29, 0.717) is 16.9 Å². The molecule has 3 rings (SSSR count). The molecule has 148 valence electrons. The van der Waals surface area contributed by atoms with Gasteiger partial charge in [0.2, 0.25) is 0 Å². The van der Waals surface area contributed by atoms with Gasteiger partial charge >= 0.3 is 5.97 Å². The van der Waals surface area contributed by atoms with Crippen LogP contribution in [0.5, 0.6) is 0 Å². The van der Waals surface area contributed by atoms with E-state index in [1.807, 2.05) is 0 Å². The van der Waals surface area contributed by atoms with E-state index in [-0.39, 0.29) is 12.1 Å². The zero-order valence-electron chi connectivity index (χ0n) is 15.5. The van der Waals surface area contributed by atoms with Crippen LogP contribution in [0.3, 0.4) is 0 Å². The molecule has 29 heavy (non-hydrogen) atoms. The largest absolute Gasteiger partial charge is 0.475 e. The molecule has 1 aromatic heterocycles. The first-order chi connectivity index (χ1) is 13.8. The highest BCUT2D eigenvalue weighted by molar-refractivity contribution is 6.35. The maximum atomic E-state index is 13.2. The van der Waals surface area contributed by atoms with E-state index in [0.717, 1.165) is 0 Å². The van der Waals surface area contributed by atoms with Gasteiger partial charge in [0.25, 0.3) is 11.7 Å². The number of aryl methyl sites for hydroxylation is 1. The van der Waals surface area contributed by atoms with E-state index < -0.39 is 29.5 Å². The monoisotopic (exact) mass is 395 g/mol. The van der Waals surface area contributed by atoms with Crippen molar-refractivity contribution in [3.05, 3.63) is 83.4 Å². The van der Waals surface area contributed by atoms with Gasteiger partial charge in [0, 0.05) is 6.42 Å². The first kappa shape index (κ1) is 19.9. The number of aliphatic carboxylic acids is 1. The van der Waals surface area contributed by atoms with Gasteiger partial charge in [-0.05, 0) is 42.8 Å². The Morgan fingerprint density at radius 1 is 1.10 bits per heavy atom. The summed E-state index contributed by atoms with van der Waals surface area (Å²) >= 11 is 0. The van der Waals surface area contributed by atoms with Gasteiger partial charge in [-0.15, -0.1) is 0 Å². The molecule has 1 heterocycles. The molecule has 2 aromatic carbocycles.